The predicted molar refractivity (Wildman–Crippen MR) is 154 cm³/mol. The van der Waals surface area contributed by atoms with Gasteiger partial charge in [-0.05, 0) is 62.7 Å². The van der Waals surface area contributed by atoms with Crippen molar-refractivity contribution in [1.29, 1.82) is 0 Å². The van der Waals surface area contributed by atoms with Gasteiger partial charge in [0.15, 0.2) is 22.9 Å². The molecule has 0 radical (unpaired) electrons. The lowest BCUT2D eigenvalue weighted by Crippen LogP contribution is -2.40. The van der Waals surface area contributed by atoms with Crippen LogP contribution in [-0.2, 0) is 19.1 Å². The van der Waals surface area contributed by atoms with Crippen LogP contribution in [0.25, 0.3) is 6.08 Å². The number of carbonyl (C=O) groups is 2. The topological polar surface area (TPSA) is 115 Å². The first kappa shape index (κ1) is 29.9. The first-order valence-electron chi connectivity index (χ1n) is 12.7. The van der Waals surface area contributed by atoms with Gasteiger partial charge in [-0.3, -0.25) is 9.36 Å². The summed E-state index contributed by atoms with van der Waals surface area (Å²) in [6.07, 6.45) is 1.68. The van der Waals surface area contributed by atoms with E-state index >= 15 is 0 Å². The fraction of sp³-hybridized carbons (Fsp3) is 0.310. The van der Waals surface area contributed by atoms with Gasteiger partial charge in [0.25, 0.3) is 5.56 Å². The maximum atomic E-state index is 13.9. The van der Waals surface area contributed by atoms with Crippen LogP contribution in [0.4, 0.5) is 0 Å². The number of esters is 2. The van der Waals surface area contributed by atoms with E-state index in [-0.39, 0.29) is 24.3 Å². The van der Waals surface area contributed by atoms with Crippen molar-refractivity contribution in [3.63, 3.8) is 0 Å². The Balaban J connectivity index is 1.92. The van der Waals surface area contributed by atoms with E-state index in [2.05, 4.69) is 9.73 Å². The van der Waals surface area contributed by atoms with Gasteiger partial charge in [0.2, 0.25) is 0 Å². The van der Waals surface area contributed by atoms with E-state index in [1.807, 2.05) is 0 Å². The van der Waals surface area contributed by atoms with Crippen LogP contribution in [0.1, 0.15) is 37.9 Å². The number of aromatic nitrogens is 1. The minimum atomic E-state index is -0.873. The van der Waals surface area contributed by atoms with E-state index in [0.717, 1.165) is 0 Å². The number of halogens is 1. The molecule has 0 saturated heterocycles. The zero-order chi connectivity index (χ0) is 29.7. The number of nitrogens with zero attached hydrogens (tertiary/aromatic N) is 2. The molecule has 0 saturated carbocycles. The lowest BCUT2D eigenvalue weighted by molar-refractivity contribution is -0.143. The number of ether oxygens (including phenoxy) is 5. The van der Waals surface area contributed by atoms with Crippen LogP contribution in [0.3, 0.4) is 0 Å². The molecule has 1 aliphatic heterocycles. The maximum Gasteiger partial charge on any atom is 0.343 e. The summed E-state index contributed by atoms with van der Waals surface area (Å²) in [4.78, 5) is 43.8. The minimum absolute atomic E-state index is 0.145. The van der Waals surface area contributed by atoms with Crippen LogP contribution in [0.2, 0.25) is 5.02 Å². The summed E-state index contributed by atoms with van der Waals surface area (Å²) in [5.74, 6) is 0.0400. The van der Waals surface area contributed by atoms with Crippen LogP contribution < -0.4 is 29.1 Å². The van der Waals surface area contributed by atoms with Gasteiger partial charge in [0.05, 0.1) is 49.3 Å². The van der Waals surface area contributed by atoms with Crippen molar-refractivity contribution < 1.29 is 33.3 Å². The molecule has 10 nitrogen and oxygen atoms in total. The molecule has 0 aliphatic carbocycles. The molecule has 0 spiro atoms. The van der Waals surface area contributed by atoms with Crippen molar-refractivity contribution in [2.24, 2.45) is 4.99 Å². The van der Waals surface area contributed by atoms with Crippen LogP contribution in [0, 0.1) is 0 Å². The van der Waals surface area contributed by atoms with Gasteiger partial charge in [-0.1, -0.05) is 29.0 Å². The Hall–Kier alpha value is -4.09. The highest BCUT2D eigenvalue weighted by Gasteiger charge is 2.34. The van der Waals surface area contributed by atoms with E-state index in [0.29, 0.717) is 55.0 Å². The standard InChI is InChI=1S/C29H29ClN2O8S/c1-6-38-22-13-17(8-10-21(22)40-15-24(33)37-5)26-25(28(35)39-7-2)16(3)31-29-32(26)27(34)23(41-29)14-18-12-19(30)9-11-20(18)36-4/h8-14,26H,6-7,15H2,1-5H3/b23-14+/t26-/m1/s1. The summed E-state index contributed by atoms with van der Waals surface area (Å²) < 4.78 is 28.7. The van der Waals surface area contributed by atoms with E-state index in [4.69, 9.17) is 30.5 Å². The summed E-state index contributed by atoms with van der Waals surface area (Å²) >= 11 is 7.39. The summed E-state index contributed by atoms with van der Waals surface area (Å²) in [5.41, 5.74) is 1.46. The summed E-state index contributed by atoms with van der Waals surface area (Å²) in [7, 11) is 2.80. The van der Waals surface area contributed by atoms with E-state index < -0.39 is 18.0 Å². The highest BCUT2D eigenvalue weighted by molar-refractivity contribution is 7.07. The molecule has 1 atom stereocenters. The number of allylic oxidation sites excluding steroid dienone is 1. The third-order valence-corrected chi connectivity index (χ3v) is 7.37. The zero-order valence-electron chi connectivity index (χ0n) is 23.2. The van der Waals surface area contributed by atoms with Gasteiger partial charge in [-0.15, -0.1) is 0 Å². The zero-order valence-corrected chi connectivity index (χ0v) is 24.8. The Bertz CT molecular complexity index is 1690. The third kappa shape index (κ3) is 6.31. The molecule has 3 aromatic rings. The van der Waals surface area contributed by atoms with Gasteiger partial charge < -0.3 is 23.7 Å². The number of thiazole rings is 1. The molecule has 0 amide bonds. The fourth-order valence-electron chi connectivity index (χ4n) is 4.34. The molecule has 216 valence electrons. The van der Waals surface area contributed by atoms with E-state index in [1.165, 1.54) is 30.1 Å². The molecule has 41 heavy (non-hydrogen) atoms. The van der Waals surface area contributed by atoms with Gasteiger partial charge in [-0.2, -0.15) is 0 Å². The summed E-state index contributed by atoms with van der Waals surface area (Å²) in [6, 6.07) is 9.24. The minimum Gasteiger partial charge on any atom is -0.496 e. The van der Waals surface area contributed by atoms with Crippen molar-refractivity contribution in [3.05, 3.63) is 83.5 Å². The Morgan fingerprint density at radius 3 is 2.49 bits per heavy atom. The molecule has 1 aliphatic rings. The molecule has 1 aromatic heterocycles. The second-order valence-corrected chi connectivity index (χ2v) is 10.1. The number of fused-ring (bicyclic) bond motifs is 1. The smallest absolute Gasteiger partial charge is 0.343 e. The molecule has 12 heteroatoms. The van der Waals surface area contributed by atoms with E-state index in [1.54, 1.807) is 63.2 Å². The molecule has 0 N–H and O–H groups in total. The highest BCUT2D eigenvalue weighted by atomic mass is 35.5. The number of rotatable bonds is 10. The van der Waals surface area contributed by atoms with Crippen molar-refractivity contribution in [1.82, 2.24) is 4.57 Å². The Kier molecular flexibility index (Phi) is 9.51. The monoisotopic (exact) mass is 600 g/mol. The van der Waals surface area contributed by atoms with Gasteiger partial charge in [0, 0.05) is 10.6 Å². The number of methoxy groups -OCH3 is 2. The predicted octanol–water partition coefficient (Wildman–Crippen LogP) is 3.41. The molecular formula is C29H29ClN2O8S. The Morgan fingerprint density at radius 2 is 1.80 bits per heavy atom. The molecular weight excluding hydrogens is 572 g/mol. The van der Waals surface area contributed by atoms with Crippen molar-refractivity contribution in [2.75, 3.05) is 34.0 Å². The number of hydrogen-bond acceptors (Lipinski definition) is 10. The lowest BCUT2D eigenvalue weighted by Gasteiger charge is -2.25. The quantitative estimate of drug-likeness (QED) is 0.325. The van der Waals surface area contributed by atoms with Crippen LogP contribution in [0.5, 0.6) is 17.2 Å². The fourth-order valence-corrected chi connectivity index (χ4v) is 5.56. The normalized spacial score (nSPS) is 14.7. The Morgan fingerprint density at radius 1 is 1.05 bits per heavy atom. The average Bonchev–Trinajstić information content (AvgIpc) is 3.25. The van der Waals surface area contributed by atoms with Crippen molar-refractivity contribution in [3.8, 4) is 17.2 Å². The maximum absolute atomic E-state index is 13.9. The van der Waals surface area contributed by atoms with Gasteiger partial charge in [0.1, 0.15) is 5.75 Å². The van der Waals surface area contributed by atoms with Crippen LogP contribution >= 0.6 is 22.9 Å². The third-order valence-electron chi connectivity index (χ3n) is 6.15. The molecule has 2 heterocycles. The largest absolute Gasteiger partial charge is 0.496 e. The number of hydrogen-bond donors (Lipinski definition) is 0. The van der Waals surface area contributed by atoms with Crippen LogP contribution in [0.15, 0.2) is 57.5 Å². The summed E-state index contributed by atoms with van der Waals surface area (Å²) in [5, 5.41) is 0.487. The number of benzene rings is 2. The van der Waals surface area contributed by atoms with Crippen molar-refractivity contribution in [2.45, 2.75) is 26.8 Å². The second-order valence-electron chi connectivity index (χ2n) is 8.69. The molecule has 0 unspecified atom stereocenters. The second kappa shape index (κ2) is 13.0. The van der Waals surface area contributed by atoms with Gasteiger partial charge >= 0.3 is 11.9 Å². The Labute approximate surface area is 245 Å². The lowest BCUT2D eigenvalue weighted by atomic mass is 9.95. The summed E-state index contributed by atoms with van der Waals surface area (Å²) in [6.45, 7) is 5.35. The first-order chi connectivity index (χ1) is 19.7. The molecule has 4 rings (SSSR count). The first-order valence-corrected chi connectivity index (χ1v) is 13.9. The van der Waals surface area contributed by atoms with Crippen molar-refractivity contribution >= 4 is 41.0 Å². The average molecular weight is 601 g/mol. The van der Waals surface area contributed by atoms with Crippen LogP contribution in [-0.4, -0.2) is 50.5 Å². The highest BCUT2D eigenvalue weighted by Crippen LogP contribution is 2.36. The number of carbonyl (C=O) groups excluding carboxylic acids is 2. The van der Waals surface area contributed by atoms with Gasteiger partial charge in [-0.25, -0.2) is 14.6 Å². The molecule has 2 aromatic carbocycles. The van der Waals surface area contributed by atoms with E-state index in [9.17, 15) is 14.4 Å². The molecule has 0 bridgehead atoms. The molecule has 0 fully saturated rings. The SMILES string of the molecule is CCOC(=O)C1=C(C)N=c2s/c(=C/c3cc(Cl)ccc3OC)c(=O)n2[C@@H]1c1ccc(OCC(=O)OC)c(OCC)c1.